The zero-order valence-electron chi connectivity index (χ0n) is 15.5. The van der Waals surface area contributed by atoms with Crippen molar-refractivity contribution in [1.82, 2.24) is 10.0 Å². The Labute approximate surface area is 160 Å². The van der Waals surface area contributed by atoms with Gasteiger partial charge in [-0.15, -0.1) is 0 Å². The lowest BCUT2D eigenvalue weighted by molar-refractivity contribution is -0.123. The third kappa shape index (κ3) is 6.15. The highest BCUT2D eigenvalue weighted by atomic mass is 32.2. The van der Waals surface area contributed by atoms with Crippen LogP contribution in [0.5, 0.6) is 0 Å². The molecule has 7 heteroatoms. The molecule has 0 unspecified atom stereocenters. The molecule has 0 heterocycles. The minimum atomic E-state index is -4.19. The maximum Gasteiger partial charge on any atom is 0.244 e. The molecule has 0 saturated heterocycles. The highest BCUT2D eigenvalue weighted by Gasteiger charge is 2.28. The summed E-state index contributed by atoms with van der Waals surface area (Å²) in [4.78, 5) is 12.2. The van der Waals surface area contributed by atoms with E-state index in [-0.39, 0.29) is 12.5 Å². The third-order valence-electron chi connectivity index (χ3n) is 4.13. The van der Waals surface area contributed by atoms with Crippen LogP contribution >= 0.6 is 0 Å². The van der Waals surface area contributed by atoms with Crippen molar-refractivity contribution < 1.29 is 17.6 Å². The summed E-state index contributed by atoms with van der Waals surface area (Å²) in [7, 11) is -4.19. The predicted octanol–water partition coefficient (Wildman–Crippen LogP) is 3.02. The van der Waals surface area contributed by atoms with Crippen LogP contribution in [0.1, 0.15) is 32.3 Å². The second-order valence-electron chi connectivity index (χ2n) is 6.49. The van der Waals surface area contributed by atoms with E-state index in [0.717, 1.165) is 24.5 Å². The summed E-state index contributed by atoms with van der Waals surface area (Å²) in [5.41, 5.74) is 0.803. The molecular weight excluding hydrogens is 367 g/mol. The summed E-state index contributed by atoms with van der Waals surface area (Å²) < 4.78 is 41.6. The number of carbonyl (C=O) groups excluding carboxylic acids is 1. The van der Waals surface area contributed by atoms with Crippen LogP contribution in [0.2, 0.25) is 0 Å². The van der Waals surface area contributed by atoms with Gasteiger partial charge < -0.3 is 5.32 Å². The molecule has 2 aromatic rings. The molecule has 0 fully saturated rings. The monoisotopic (exact) mass is 392 g/mol. The number of carbonyl (C=O) groups is 1. The SMILES string of the molecule is CCC[C@H](C)NC(=O)[C@H](Cc1ccccc1)NS(=O)(=O)c1ccccc1F. The Kier molecular flexibility index (Phi) is 7.50. The molecule has 2 aromatic carbocycles. The molecule has 27 heavy (non-hydrogen) atoms. The number of hydrogen-bond donors (Lipinski definition) is 2. The first-order valence-corrected chi connectivity index (χ1v) is 10.4. The lowest BCUT2D eigenvalue weighted by atomic mass is 10.1. The van der Waals surface area contributed by atoms with E-state index in [1.807, 2.05) is 44.2 Å². The first kappa shape index (κ1) is 21.1. The van der Waals surface area contributed by atoms with Crippen molar-refractivity contribution in [2.24, 2.45) is 0 Å². The van der Waals surface area contributed by atoms with Crippen molar-refractivity contribution in [3.8, 4) is 0 Å². The lowest BCUT2D eigenvalue weighted by Gasteiger charge is -2.21. The fourth-order valence-electron chi connectivity index (χ4n) is 2.80. The zero-order valence-corrected chi connectivity index (χ0v) is 16.3. The van der Waals surface area contributed by atoms with Crippen molar-refractivity contribution >= 4 is 15.9 Å². The maximum atomic E-state index is 14.0. The number of halogens is 1. The van der Waals surface area contributed by atoms with Crippen LogP contribution in [-0.2, 0) is 21.2 Å². The number of rotatable bonds is 9. The van der Waals surface area contributed by atoms with Gasteiger partial charge in [-0.25, -0.2) is 12.8 Å². The quantitative estimate of drug-likeness (QED) is 0.689. The van der Waals surface area contributed by atoms with Gasteiger partial charge in [0.05, 0.1) is 0 Å². The summed E-state index contributed by atoms with van der Waals surface area (Å²) in [6.45, 7) is 3.87. The number of amides is 1. The van der Waals surface area contributed by atoms with Gasteiger partial charge in [-0.2, -0.15) is 4.72 Å². The number of hydrogen-bond acceptors (Lipinski definition) is 3. The molecule has 2 N–H and O–H groups in total. The summed E-state index contributed by atoms with van der Waals surface area (Å²) in [5, 5.41) is 2.83. The molecule has 2 rings (SSSR count). The largest absolute Gasteiger partial charge is 0.352 e. The lowest BCUT2D eigenvalue weighted by Crippen LogP contribution is -2.50. The van der Waals surface area contributed by atoms with Gasteiger partial charge in [0.25, 0.3) is 0 Å². The summed E-state index contributed by atoms with van der Waals surface area (Å²) in [5.74, 6) is -1.29. The van der Waals surface area contributed by atoms with Crippen molar-refractivity contribution in [3.05, 3.63) is 66.0 Å². The molecule has 146 valence electrons. The van der Waals surface area contributed by atoms with E-state index in [1.165, 1.54) is 18.2 Å². The van der Waals surface area contributed by atoms with Gasteiger partial charge in [0, 0.05) is 6.04 Å². The Bertz CT molecular complexity index is 857. The van der Waals surface area contributed by atoms with E-state index in [4.69, 9.17) is 0 Å². The Morgan fingerprint density at radius 1 is 1.07 bits per heavy atom. The molecule has 2 atom stereocenters. The van der Waals surface area contributed by atoms with E-state index in [2.05, 4.69) is 10.0 Å². The molecule has 0 bridgehead atoms. The van der Waals surface area contributed by atoms with E-state index in [0.29, 0.717) is 0 Å². The standard InChI is InChI=1S/C20H25FN2O3S/c1-3-9-15(2)22-20(24)18(14-16-10-5-4-6-11-16)23-27(25,26)19-13-8-7-12-17(19)21/h4-8,10-13,15,18,23H,3,9,14H2,1-2H3,(H,22,24)/t15-,18-/m0/s1. The summed E-state index contributed by atoms with van der Waals surface area (Å²) >= 11 is 0. The molecule has 0 aliphatic heterocycles. The van der Waals surface area contributed by atoms with Crippen LogP contribution in [0.3, 0.4) is 0 Å². The normalized spacial score (nSPS) is 13.7. The van der Waals surface area contributed by atoms with E-state index in [1.54, 1.807) is 0 Å². The Morgan fingerprint density at radius 2 is 1.70 bits per heavy atom. The Balaban J connectivity index is 2.26. The van der Waals surface area contributed by atoms with Gasteiger partial charge in [0.2, 0.25) is 15.9 Å². The van der Waals surface area contributed by atoms with E-state index >= 15 is 0 Å². The van der Waals surface area contributed by atoms with Gasteiger partial charge in [-0.1, -0.05) is 55.8 Å². The van der Waals surface area contributed by atoms with E-state index < -0.39 is 32.7 Å². The highest BCUT2D eigenvalue weighted by molar-refractivity contribution is 7.89. The van der Waals surface area contributed by atoms with Crippen LogP contribution < -0.4 is 10.0 Å². The minimum Gasteiger partial charge on any atom is -0.352 e. The van der Waals surface area contributed by atoms with Crippen molar-refractivity contribution in [3.63, 3.8) is 0 Å². The van der Waals surface area contributed by atoms with Gasteiger partial charge in [-0.3, -0.25) is 4.79 Å². The zero-order chi connectivity index (χ0) is 19.9. The van der Waals surface area contributed by atoms with Crippen molar-refractivity contribution in [2.75, 3.05) is 0 Å². The van der Waals surface area contributed by atoms with Crippen molar-refractivity contribution in [2.45, 2.75) is 50.1 Å². The molecule has 0 aliphatic carbocycles. The molecule has 0 saturated carbocycles. The maximum absolute atomic E-state index is 14.0. The number of benzene rings is 2. The molecule has 0 spiro atoms. The van der Waals surface area contributed by atoms with Crippen LogP contribution in [0.4, 0.5) is 4.39 Å². The average Bonchev–Trinajstić information content (AvgIpc) is 2.62. The Hall–Kier alpha value is -2.25. The molecule has 0 aliphatic rings. The van der Waals surface area contributed by atoms with Crippen LogP contribution in [-0.4, -0.2) is 26.4 Å². The minimum absolute atomic E-state index is 0.0845. The third-order valence-corrected chi connectivity index (χ3v) is 5.64. The Morgan fingerprint density at radius 3 is 2.33 bits per heavy atom. The van der Waals surface area contributed by atoms with Gasteiger partial charge >= 0.3 is 0 Å². The highest BCUT2D eigenvalue weighted by Crippen LogP contribution is 2.15. The topological polar surface area (TPSA) is 75.3 Å². The summed E-state index contributed by atoms with van der Waals surface area (Å²) in [6, 6.07) is 13.1. The van der Waals surface area contributed by atoms with Crippen LogP contribution in [0, 0.1) is 5.82 Å². The number of sulfonamides is 1. The van der Waals surface area contributed by atoms with Crippen molar-refractivity contribution in [1.29, 1.82) is 0 Å². The van der Waals surface area contributed by atoms with Crippen LogP contribution in [0.25, 0.3) is 0 Å². The fraction of sp³-hybridized carbons (Fsp3) is 0.350. The fourth-order valence-corrected chi connectivity index (χ4v) is 4.07. The van der Waals surface area contributed by atoms with Gasteiger partial charge in [0.1, 0.15) is 16.8 Å². The molecule has 5 nitrogen and oxygen atoms in total. The first-order valence-electron chi connectivity index (χ1n) is 8.94. The smallest absolute Gasteiger partial charge is 0.244 e. The molecular formula is C20H25FN2O3S. The van der Waals surface area contributed by atoms with Crippen LogP contribution in [0.15, 0.2) is 59.5 Å². The average molecular weight is 392 g/mol. The summed E-state index contributed by atoms with van der Waals surface area (Å²) in [6.07, 6.45) is 1.84. The molecule has 0 radical (unpaired) electrons. The second kappa shape index (κ2) is 9.62. The first-order chi connectivity index (χ1) is 12.8. The van der Waals surface area contributed by atoms with E-state index in [9.17, 15) is 17.6 Å². The molecule has 1 amide bonds. The second-order valence-corrected chi connectivity index (χ2v) is 8.17. The number of nitrogens with one attached hydrogen (secondary N) is 2. The van der Waals surface area contributed by atoms with Gasteiger partial charge in [-0.05, 0) is 37.5 Å². The van der Waals surface area contributed by atoms with Gasteiger partial charge in [0.15, 0.2) is 0 Å². The predicted molar refractivity (Wildman–Crippen MR) is 103 cm³/mol. The molecule has 0 aromatic heterocycles.